The van der Waals surface area contributed by atoms with Crippen LogP contribution in [0.4, 0.5) is 0 Å². The Kier molecular flexibility index (Phi) is 7.60. The van der Waals surface area contributed by atoms with E-state index in [0.29, 0.717) is 13.1 Å². The van der Waals surface area contributed by atoms with Crippen LogP contribution in [0.2, 0.25) is 0 Å². The summed E-state index contributed by atoms with van der Waals surface area (Å²) in [5.41, 5.74) is 6.39. The maximum atomic E-state index is 12.4. The number of hydrogen-bond acceptors (Lipinski definition) is 3. The van der Waals surface area contributed by atoms with Crippen molar-refractivity contribution in [3.8, 4) is 0 Å². The number of hydrogen-bond donors (Lipinski definition) is 3. The van der Waals surface area contributed by atoms with Crippen LogP contribution in [0.15, 0.2) is 42.5 Å². The first-order valence-corrected chi connectivity index (χ1v) is 9.26. The maximum absolute atomic E-state index is 12.4. The van der Waals surface area contributed by atoms with Crippen LogP contribution >= 0.6 is 0 Å². The summed E-state index contributed by atoms with van der Waals surface area (Å²) in [6.45, 7) is 5.06. The Morgan fingerprint density at radius 3 is 2.46 bits per heavy atom. The summed E-state index contributed by atoms with van der Waals surface area (Å²) in [6.07, 6.45) is 1.98. The van der Waals surface area contributed by atoms with Crippen molar-refractivity contribution in [1.82, 2.24) is 10.6 Å². The van der Waals surface area contributed by atoms with Crippen molar-refractivity contribution in [1.29, 1.82) is 0 Å². The molecule has 0 aromatic heterocycles. The molecule has 0 saturated carbocycles. The average molecular weight is 355 g/mol. The fourth-order valence-corrected chi connectivity index (χ4v) is 2.88. The van der Waals surface area contributed by atoms with Gasteiger partial charge < -0.3 is 16.4 Å². The Bertz CT molecular complexity index is 743. The van der Waals surface area contributed by atoms with E-state index >= 15 is 0 Å². The third-order valence-corrected chi connectivity index (χ3v) is 4.37. The highest BCUT2D eigenvalue weighted by molar-refractivity contribution is 5.89. The first-order chi connectivity index (χ1) is 12.5. The minimum atomic E-state index is -0.527. The fraction of sp³-hybridized carbons (Fsp3) is 0.429. The Morgan fingerprint density at radius 1 is 1.04 bits per heavy atom. The Hall–Kier alpha value is -2.40. The second-order valence-corrected chi connectivity index (χ2v) is 6.93. The van der Waals surface area contributed by atoms with Gasteiger partial charge in [0.15, 0.2) is 0 Å². The number of nitrogens with one attached hydrogen (secondary N) is 2. The molecule has 0 saturated heterocycles. The number of nitrogens with two attached hydrogens (primary N) is 1. The Morgan fingerprint density at radius 2 is 1.77 bits per heavy atom. The maximum Gasteiger partial charge on any atom is 0.242 e. The molecule has 0 bridgehead atoms. The zero-order chi connectivity index (χ0) is 18.9. The van der Waals surface area contributed by atoms with Gasteiger partial charge in [0.25, 0.3) is 0 Å². The third-order valence-electron chi connectivity index (χ3n) is 4.37. The summed E-state index contributed by atoms with van der Waals surface area (Å²) in [5.74, 6) is -0.259. The van der Waals surface area contributed by atoms with Crippen molar-refractivity contribution < 1.29 is 9.59 Å². The van der Waals surface area contributed by atoms with Crippen LogP contribution in [0, 0.1) is 5.92 Å². The smallest absolute Gasteiger partial charge is 0.242 e. The predicted molar refractivity (Wildman–Crippen MR) is 106 cm³/mol. The SMILES string of the molecule is CC(C)C(NC(=O)Cc1ccc2ccccc2c1)C(=O)NCCCCN. The number of carbonyl (C=O) groups is 2. The van der Waals surface area contributed by atoms with Gasteiger partial charge in [0.1, 0.15) is 6.04 Å². The number of carbonyl (C=O) groups excluding carboxylic acids is 2. The van der Waals surface area contributed by atoms with Gasteiger partial charge in [-0.15, -0.1) is 0 Å². The van der Waals surface area contributed by atoms with Crippen LogP contribution in [0.3, 0.4) is 0 Å². The van der Waals surface area contributed by atoms with Gasteiger partial charge in [-0.25, -0.2) is 0 Å². The monoisotopic (exact) mass is 355 g/mol. The molecule has 2 aromatic carbocycles. The molecular formula is C21H29N3O2. The lowest BCUT2D eigenvalue weighted by Crippen LogP contribution is -2.50. The summed E-state index contributed by atoms with van der Waals surface area (Å²) in [7, 11) is 0. The highest BCUT2D eigenvalue weighted by Crippen LogP contribution is 2.16. The van der Waals surface area contributed by atoms with Gasteiger partial charge in [0, 0.05) is 6.54 Å². The molecule has 5 nitrogen and oxygen atoms in total. The highest BCUT2D eigenvalue weighted by Gasteiger charge is 2.23. The van der Waals surface area contributed by atoms with Crippen molar-refractivity contribution in [3.63, 3.8) is 0 Å². The first-order valence-electron chi connectivity index (χ1n) is 9.26. The summed E-state index contributed by atoms with van der Waals surface area (Å²) in [5, 5.41) is 8.02. The number of amides is 2. The van der Waals surface area contributed by atoms with Crippen LogP contribution in [0.1, 0.15) is 32.3 Å². The first kappa shape index (κ1) is 19.9. The normalized spacial score (nSPS) is 12.2. The van der Waals surface area contributed by atoms with E-state index in [1.807, 2.05) is 56.3 Å². The van der Waals surface area contributed by atoms with Gasteiger partial charge in [0.05, 0.1) is 6.42 Å². The molecule has 0 heterocycles. The molecule has 1 atom stereocenters. The quantitative estimate of drug-likeness (QED) is 0.604. The van der Waals surface area contributed by atoms with E-state index in [1.54, 1.807) is 0 Å². The van der Waals surface area contributed by atoms with E-state index < -0.39 is 6.04 Å². The van der Waals surface area contributed by atoms with Crippen LogP contribution in [-0.4, -0.2) is 30.9 Å². The lowest BCUT2D eigenvalue weighted by Gasteiger charge is -2.22. The van der Waals surface area contributed by atoms with E-state index in [1.165, 1.54) is 0 Å². The molecule has 0 aliphatic heterocycles. The number of rotatable bonds is 9. The third kappa shape index (κ3) is 5.85. The van der Waals surface area contributed by atoms with Gasteiger partial charge in [-0.3, -0.25) is 9.59 Å². The summed E-state index contributed by atoms with van der Waals surface area (Å²) >= 11 is 0. The zero-order valence-corrected chi connectivity index (χ0v) is 15.6. The number of benzene rings is 2. The van der Waals surface area contributed by atoms with Gasteiger partial charge >= 0.3 is 0 Å². The minimum absolute atomic E-state index is 0.0186. The van der Waals surface area contributed by atoms with E-state index in [2.05, 4.69) is 10.6 Å². The van der Waals surface area contributed by atoms with E-state index in [0.717, 1.165) is 29.2 Å². The highest BCUT2D eigenvalue weighted by atomic mass is 16.2. The van der Waals surface area contributed by atoms with Crippen molar-refractivity contribution >= 4 is 22.6 Å². The Balaban J connectivity index is 1.94. The van der Waals surface area contributed by atoms with Gasteiger partial charge in [-0.1, -0.05) is 56.3 Å². The molecule has 2 amide bonds. The summed E-state index contributed by atoms with van der Waals surface area (Å²) in [4.78, 5) is 24.8. The second kappa shape index (κ2) is 9.92. The summed E-state index contributed by atoms with van der Waals surface area (Å²) < 4.78 is 0. The fourth-order valence-electron chi connectivity index (χ4n) is 2.88. The van der Waals surface area contributed by atoms with Crippen molar-refractivity contribution in [2.45, 2.75) is 39.2 Å². The molecule has 5 heteroatoms. The summed E-state index contributed by atoms with van der Waals surface area (Å²) in [6, 6.07) is 13.5. The average Bonchev–Trinajstić information content (AvgIpc) is 2.62. The van der Waals surface area contributed by atoms with Gasteiger partial charge in [-0.2, -0.15) is 0 Å². The molecule has 0 spiro atoms. The lowest BCUT2D eigenvalue weighted by atomic mass is 10.0. The molecule has 2 rings (SSSR count). The van der Waals surface area contributed by atoms with E-state index in [4.69, 9.17) is 5.73 Å². The van der Waals surface area contributed by atoms with Gasteiger partial charge in [0.2, 0.25) is 11.8 Å². The molecule has 0 fully saturated rings. The van der Waals surface area contributed by atoms with Crippen LogP contribution in [0.25, 0.3) is 10.8 Å². The number of unbranched alkanes of at least 4 members (excludes halogenated alkanes) is 1. The minimum Gasteiger partial charge on any atom is -0.354 e. The molecule has 2 aromatic rings. The zero-order valence-electron chi connectivity index (χ0n) is 15.6. The van der Waals surface area contributed by atoms with Gasteiger partial charge in [-0.05, 0) is 41.6 Å². The van der Waals surface area contributed by atoms with E-state index in [-0.39, 0.29) is 24.2 Å². The van der Waals surface area contributed by atoms with Crippen molar-refractivity contribution in [2.75, 3.05) is 13.1 Å². The molecule has 0 radical (unpaired) electrons. The van der Waals surface area contributed by atoms with Crippen LogP contribution in [0.5, 0.6) is 0 Å². The molecule has 0 aliphatic carbocycles. The molecule has 0 aliphatic rings. The van der Waals surface area contributed by atoms with E-state index in [9.17, 15) is 9.59 Å². The van der Waals surface area contributed by atoms with Crippen molar-refractivity contribution in [3.05, 3.63) is 48.0 Å². The van der Waals surface area contributed by atoms with Crippen molar-refractivity contribution in [2.24, 2.45) is 11.7 Å². The number of fused-ring (bicyclic) bond motifs is 1. The Labute approximate surface area is 155 Å². The predicted octanol–water partition coefficient (Wildman–Crippen LogP) is 2.38. The van der Waals surface area contributed by atoms with Crippen LogP contribution in [-0.2, 0) is 16.0 Å². The second-order valence-electron chi connectivity index (χ2n) is 6.93. The molecule has 140 valence electrons. The molecule has 4 N–H and O–H groups in total. The standard InChI is InChI=1S/C21H29N3O2/c1-15(2)20(21(26)23-12-6-5-11-22)24-19(25)14-16-9-10-17-7-3-4-8-18(17)13-16/h3-4,7-10,13,15,20H,5-6,11-12,14,22H2,1-2H3,(H,23,26)(H,24,25). The molecular weight excluding hydrogens is 326 g/mol. The molecule has 1 unspecified atom stereocenters. The molecule has 26 heavy (non-hydrogen) atoms. The topological polar surface area (TPSA) is 84.2 Å². The largest absolute Gasteiger partial charge is 0.354 e. The van der Waals surface area contributed by atoms with Crippen LogP contribution < -0.4 is 16.4 Å². The lowest BCUT2D eigenvalue weighted by molar-refractivity contribution is -0.129.